The number of rotatable bonds is 10. The summed E-state index contributed by atoms with van der Waals surface area (Å²) in [6.45, 7) is 2.93. The van der Waals surface area contributed by atoms with Crippen LogP contribution in [0.15, 0.2) is 30.3 Å². The van der Waals surface area contributed by atoms with Crippen molar-refractivity contribution < 1.29 is 23.7 Å². The summed E-state index contributed by atoms with van der Waals surface area (Å²) in [5.41, 5.74) is 2.88. The molecule has 1 heterocycles. The molecule has 2 aromatic carbocycles. The van der Waals surface area contributed by atoms with Gasteiger partial charge < -0.3 is 29.2 Å². The first-order valence-electron chi connectivity index (χ1n) is 10.1. The van der Waals surface area contributed by atoms with Gasteiger partial charge in [0.1, 0.15) is 0 Å². The molecule has 2 aromatic rings. The molecule has 0 aromatic heterocycles. The second kappa shape index (κ2) is 10.2. The SMILES string of the molecule is COc1ccc(CCNCCN2CCc3cc(OC)c(OC)cc3C2=O)cc1OC. The van der Waals surface area contributed by atoms with Gasteiger partial charge in [-0.15, -0.1) is 0 Å². The summed E-state index contributed by atoms with van der Waals surface area (Å²) in [6.07, 6.45) is 1.68. The highest BCUT2D eigenvalue weighted by Gasteiger charge is 2.26. The van der Waals surface area contributed by atoms with Crippen LogP contribution >= 0.6 is 0 Å². The molecule has 0 saturated heterocycles. The minimum Gasteiger partial charge on any atom is -0.493 e. The molecule has 0 radical (unpaired) electrons. The van der Waals surface area contributed by atoms with E-state index >= 15 is 0 Å². The average Bonchev–Trinajstić information content (AvgIpc) is 2.79. The molecule has 1 aliphatic rings. The van der Waals surface area contributed by atoms with E-state index in [0.717, 1.165) is 43.0 Å². The van der Waals surface area contributed by atoms with Gasteiger partial charge in [0.05, 0.1) is 28.4 Å². The maximum Gasteiger partial charge on any atom is 0.254 e. The van der Waals surface area contributed by atoms with Gasteiger partial charge in [0.2, 0.25) is 0 Å². The fraction of sp³-hybridized carbons (Fsp3) is 0.435. The molecule has 162 valence electrons. The molecule has 3 rings (SSSR count). The highest BCUT2D eigenvalue weighted by Crippen LogP contribution is 2.33. The molecular weight excluding hydrogens is 384 g/mol. The molecule has 1 N–H and O–H groups in total. The fourth-order valence-corrected chi connectivity index (χ4v) is 3.68. The number of carbonyl (C=O) groups is 1. The van der Waals surface area contributed by atoms with Gasteiger partial charge in [0.15, 0.2) is 23.0 Å². The quantitative estimate of drug-likeness (QED) is 0.603. The van der Waals surface area contributed by atoms with E-state index in [0.29, 0.717) is 30.2 Å². The summed E-state index contributed by atoms with van der Waals surface area (Å²) in [6, 6.07) is 9.64. The molecule has 1 amide bonds. The zero-order valence-electron chi connectivity index (χ0n) is 18.1. The summed E-state index contributed by atoms with van der Waals surface area (Å²) in [5.74, 6) is 2.75. The third kappa shape index (κ3) is 4.79. The molecule has 0 fully saturated rings. The number of hydrogen-bond acceptors (Lipinski definition) is 6. The molecule has 0 atom stereocenters. The van der Waals surface area contributed by atoms with Crippen molar-refractivity contribution in [2.24, 2.45) is 0 Å². The summed E-state index contributed by atoms with van der Waals surface area (Å²) >= 11 is 0. The van der Waals surface area contributed by atoms with E-state index in [1.165, 1.54) is 5.56 Å². The topological polar surface area (TPSA) is 69.3 Å². The molecule has 0 aliphatic carbocycles. The molecular formula is C23H30N2O5. The van der Waals surface area contributed by atoms with Crippen molar-refractivity contribution in [3.63, 3.8) is 0 Å². The van der Waals surface area contributed by atoms with Crippen LogP contribution in [0.5, 0.6) is 23.0 Å². The molecule has 0 saturated carbocycles. The number of methoxy groups -OCH3 is 4. The first kappa shape index (κ1) is 21.8. The lowest BCUT2D eigenvalue weighted by molar-refractivity contribution is 0.0740. The van der Waals surface area contributed by atoms with Crippen LogP contribution in [0, 0.1) is 0 Å². The van der Waals surface area contributed by atoms with Crippen molar-refractivity contribution in [1.29, 1.82) is 0 Å². The van der Waals surface area contributed by atoms with E-state index in [1.54, 1.807) is 34.5 Å². The highest BCUT2D eigenvalue weighted by atomic mass is 16.5. The van der Waals surface area contributed by atoms with Gasteiger partial charge in [-0.25, -0.2) is 0 Å². The fourth-order valence-electron chi connectivity index (χ4n) is 3.68. The van der Waals surface area contributed by atoms with Gasteiger partial charge in [0.25, 0.3) is 5.91 Å². The minimum absolute atomic E-state index is 0.0406. The van der Waals surface area contributed by atoms with Crippen molar-refractivity contribution in [3.8, 4) is 23.0 Å². The van der Waals surface area contributed by atoms with Crippen LogP contribution in [0.3, 0.4) is 0 Å². The zero-order valence-corrected chi connectivity index (χ0v) is 18.1. The second-order valence-electron chi connectivity index (χ2n) is 7.10. The lowest BCUT2D eigenvalue weighted by Crippen LogP contribution is -2.41. The number of amides is 1. The molecule has 0 spiro atoms. The Morgan fingerprint density at radius 1 is 0.867 bits per heavy atom. The standard InChI is InChI=1S/C23H30N2O5/c1-27-19-6-5-16(13-20(19)28-2)7-9-24-10-12-25-11-8-17-14-21(29-3)22(30-4)15-18(17)23(25)26/h5-6,13-15,24H,7-12H2,1-4H3. The first-order valence-corrected chi connectivity index (χ1v) is 10.1. The van der Waals surface area contributed by atoms with Crippen molar-refractivity contribution in [2.45, 2.75) is 12.8 Å². The molecule has 0 bridgehead atoms. The summed E-state index contributed by atoms with van der Waals surface area (Å²) in [5, 5.41) is 3.42. The first-order chi connectivity index (χ1) is 14.6. The number of nitrogens with one attached hydrogen (secondary N) is 1. The Labute approximate surface area is 177 Å². The number of hydrogen-bond donors (Lipinski definition) is 1. The number of ether oxygens (including phenoxy) is 4. The van der Waals surface area contributed by atoms with E-state index in [4.69, 9.17) is 18.9 Å². The van der Waals surface area contributed by atoms with E-state index < -0.39 is 0 Å². The van der Waals surface area contributed by atoms with Crippen molar-refractivity contribution >= 4 is 5.91 Å². The number of benzene rings is 2. The van der Waals surface area contributed by atoms with E-state index in [1.807, 2.05) is 29.2 Å². The van der Waals surface area contributed by atoms with Crippen LogP contribution in [0.4, 0.5) is 0 Å². The van der Waals surface area contributed by atoms with Crippen LogP contribution in [-0.2, 0) is 12.8 Å². The monoisotopic (exact) mass is 414 g/mol. The number of fused-ring (bicyclic) bond motifs is 1. The molecule has 7 nitrogen and oxygen atoms in total. The van der Waals surface area contributed by atoms with Crippen molar-refractivity contribution in [3.05, 3.63) is 47.0 Å². The van der Waals surface area contributed by atoms with Gasteiger partial charge in [-0.3, -0.25) is 4.79 Å². The third-order valence-corrected chi connectivity index (χ3v) is 5.37. The Bertz CT molecular complexity index is 884. The van der Waals surface area contributed by atoms with Gasteiger partial charge in [-0.2, -0.15) is 0 Å². The van der Waals surface area contributed by atoms with Crippen molar-refractivity contribution in [1.82, 2.24) is 10.2 Å². The van der Waals surface area contributed by atoms with Gasteiger partial charge >= 0.3 is 0 Å². The van der Waals surface area contributed by atoms with Crippen molar-refractivity contribution in [2.75, 3.05) is 54.6 Å². The second-order valence-corrected chi connectivity index (χ2v) is 7.10. The highest BCUT2D eigenvalue weighted by molar-refractivity contribution is 5.97. The largest absolute Gasteiger partial charge is 0.493 e. The minimum atomic E-state index is 0.0406. The average molecular weight is 415 g/mol. The summed E-state index contributed by atoms with van der Waals surface area (Å²) in [4.78, 5) is 14.8. The predicted octanol–water partition coefficient (Wildman–Crippen LogP) is 2.55. The lowest BCUT2D eigenvalue weighted by Gasteiger charge is -2.29. The van der Waals surface area contributed by atoms with Crippen LogP contribution in [-0.4, -0.2) is 65.4 Å². The maximum absolute atomic E-state index is 12.9. The van der Waals surface area contributed by atoms with Crippen LogP contribution in [0.1, 0.15) is 21.5 Å². The Balaban J connectivity index is 1.50. The Morgan fingerprint density at radius 2 is 1.53 bits per heavy atom. The van der Waals surface area contributed by atoms with E-state index in [9.17, 15) is 4.79 Å². The number of nitrogens with zero attached hydrogens (tertiary/aromatic N) is 1. The Kier molecular flexibility index (Phi) is 7.41. The number of carbonyl (C=O) groups excluding carboxylic acids is 1. The normalized spacial score (nSPS) is 13.1. The molecule has 30 heavy (non-hydrogen) atoms. The van der Waals surface area contributed by atoms with E-state index in [-0.39, 0.29) is 5.91 Å². The molecule has 7 heteroatoms. The summed E-state index contributed by atoms with van der Waals surface area (Å²) in [7, 11) is 6.46. The molecule has 0 unspecified atom stereocenters. The van der Waals surface area contributed by atoms with Gasteiger partial charge in [-0.05, 0) is 54.8 Å². The third-order valence-electron chi connectivity index (χ3n) is 5.37. The smallest absolute Gasteiger partial charge is 0.254 e. The van der Waals surface area contributed by atoms with Crippen LogP contribution in [0.25, 0.3) is 0 Å². The maximum atomic E-state index is 12.9. The van der Waals surface area contributed by atoms with Crippen LogP contribution in [0.2, 0.25) is 0 Å². The predicted molar refractivity (Wildman–Crippen MR) is 115 cm³/mol. The lowest BCUT2D eigenvalue weighted by atomic mass is 9.98. The van der Waals surface area contributed by atoms with E-state index in [2.05, 4.69) is 5.32 Å². The van der Waals surface area contributed by atoms with Gasteiger partial charge in [-0.1, -0.05) is 6.07 Å². The summed E-state index contributed by atoms with van der Waals surface area (Å²) < 4.78 is 21.3. The van der Waals surface area contributed by atoms with Crippen LogP contribution < -0.4 is 24.3 Å². The Morgan fingerprint density at radius 3 is 2.23 bits per heavy atom. The van der Waals surface area contributed by atoms with Gasteiger partial charge in [0, 0.05) is 25.2 Å². The molecule has 1 aliphatic heterocycles. The Hall–Kier alpha value is -2.93. The zero-order chi connectivity index (χ0) is 21.5.